The largest absolute Gasteiger partial charge is 0.488 e. The van der Waals surface area contributed by atoms with E-state index in [1.807, 2.05) is 58.9 Å². The van der Waals surface area contributed by atoms with Crippen LogP contribution in [0.5, 0.6) is 5.75 Å². The molecule has 1 aromatic rings. The molecule has 0 aliphatic carbocycles. The summed E-state index contributed by atoms with van der Waals surface area (Å²) in [6.45, 7) is 13.4. The van der Waals surface area contributed by atoms with Gasteiger partial charge in [-0.2, -0.15) is 0 Å². The second-order valence-corrected chi connectivity index (χ2v) is 8.11. The first-order valence-corrected chi connectivity index (χ1v) is 9.37. The van der Waals surface area contributed by atoms with Crippen LogP contribution in [-0.4, -0.2) is 30.0 Å². The van der Waals surface area contributed by atoms with E-state index in [-0.39, 0.29) is 36.3 Å². The quantitative estimate of drug-likeness (QED) is 0.498. The third-order valence-electron chi connectivity index (χ3n) is 4.09. The molecule has 0 spiro atoms. The smallest absolute Gasteiger partial charge is 0.309 e. The molecule has 2 atom stereocenters. The van der Waals surface area contributed by atoms with Gasteiger partial charge in [0.2, 0.25) is 0 Å². The van der Waals surface area contributed by atoms with E-state index in [1.54, 1.807) is 0 Å². The van der Waals surface area contributed by atoms with Crippen LogP contribution in [0.4, 0.5) is 0 Å². The van der Waals surface area contributed by atoms with E-state index in [0.29, 0.717) is 6.42 Å². The molecule has 0 saturated heterocycles. The number of nitrogens with two attached hydrogens (primary N) is 1. The maximum Gasteiger partial charge on any atom is 0.309 e. The minimum Gasteiger partial charge on any atom is -0.488 e. The number of hydrogen-bond acceptors (Lipinski definition) is 5. The van der Waals surface area contributed by atoms with Crippen molar-refractivity contribution in [2.45, 2.75) is 59.1 Å². The van der Waals surface area contributed by atoms with E-state index in [9.17, 15) is 9.59 Å². The summed E-state index contributed by atoms with van der Waals surface area (Å²) >= 11 is 0. The summed E-state index contributed by atoms with van der Waals surface area (Å²) in [5, 5.41) is 0. The summed E-state index contributed by atoms with van der Waals surface area (Å²) in [5.74, 6) is -0.247. The molecule has 0 saturated carbocycles. The molecule has 0 aliphatic heterocycles. The first kappa shape index (κ1) is 22.9. The molecule has 5 heteroatoms. The van der Waals surface area contributed by atoms with Gasteiger partial charge >= 0.3 is 5.97 Å². The Labute approximate surface area is 162 Å². The zero-order valence-electron chi connectivity index (χ0n) is 17.2. The normalized spacial score (nSPS) is 13.7. The van der Waals surface area contributed by atoms with Crippen LogP contribution < -0.4 is 10.5 Å². The second kappa shape index (κ2) is 10.3. The molecular weight excluding hydrogens is 342 g/mol. The molecule has 0 fully saturated rings. The van der Waals surface area contributed by atoms with Crippen molar-refractivity contribution in [1.29, 1.82) is 0 Å². The number of carbonyl (C=O) groups excluding carboxylic acids is 2. The summed E-state index contributed by atoms with van der Waals surface area (Å²) in [6, 6.07) is 6.91. The molecule has 0 aliphatic rings. The van der Waals surface area contributed by atoms with Gasteiger partial charge in [-0.25, -0.2) is 0 Å². The zero-order valence-corrected chi connectivity index (χ0v) is 17.2. The maximum absolute atomic E-state index is 12.5. The third kappa shape index (κ3) is 8.39. The van der Waals surface area contributed by atoms with Crippen LogP contribution in [-0.2, 0) is 20.7 Å². The summed E-state index contributed by atoms with van der Waals surface area (Å²) in [7, 11) is 0. The van der Waals surface area contributed by atoms with Crippen LogP contribution in [0.25, 0.3) is 0 Å². The van der Waals surface area contributed by atoms with Crippen molar-refractivity contribution >= 4 is 11.8 Å². The van der Waals surface area contributed by atoms with Crippen LogP contribution >= 0.6 is 0 Å². The highest BCUT2D eigenvalue weighted by Crippen LogP contribution is 2.21. The Balaban J connectivity index is 2.67. The van der Waals surface area contributed by atoms with Crippen LogP contribution in [0, 0.1) is 11.8 Å². The Morgan fingerprint density at radius 3 is 2.26 bits per heavy atom. The highest BCUT2D eigenvalue weighted by molar-refractivity contribution is 5.88. The first-order chi connectivity index (χ1) is 12.5. The average Bonchev–Trinajstić information content (AvgIpc) is 2.57. The van der Waals surface area contributed by atoms with Gasteiger partial charge in [-0.05, 0) is 50.8 Å². The van der Waals surface area contributed by atoms with E-state index in [0.717, 1.165) is 11.3 Å². The monoisotopic (exact) mass is 375 g/mol. The fourth-order valence-corrected chi connectivity index (χ4v) is 2.62. The van der Waals surface area contributed by atoms with Gasteiger partial charge in [0.25, 0.3) is 0 Å². The minimum atomic E-state index is -0.659. The van der Waals surface area contributed by atoms with Crippen LogP contribution in [0.1, 0.15) is 46.6 Å². The third-order valence-corrected chi connectivity index (χ3v) is 4.09. The Kier molecular flexibility index (Phi) is 8.70. The highest BCUT2D eigenvalue weighted by atomic mass is 16.5. The molecule has 1 rings (SSSR count). The first-order valence-electron chi connectivity index (χ1n) is 9.37. The van der Waals surface area contributed by atoms with Crippen molar-refractivity contribution in [3.63, 3.8) is 0 Å². The number of benzene rings is 1. The van der Waals surface area contributed by atoms with Gasteiger partial charge in [-0.15, -0.1) is 0 Å². The van der Waals surface area contributed by atoms with Crippen LogP contribution in [0.15, 0.2) is 36.9 Å². The average molecular weight is 376 g/mol. The van der Waals surface area contributed by atoms with Gasteiger partial charge in [0.05, 0.1) is 12.0 Å². The Morgan fingerprint density at radius 2 is 1.78 bits per heavy atom. The Morgan fingerprint density at radius 1 is 1.19 bits per heavy atom. The topological polar surface area (TPSA) is 78.6 Å². The molecule has 5 nitrogen and oxygen atoms in total. The van der Waals surface area contributed by atoms with Crippen molar-refractivity contribution in [3.05, 3.63) is 42.5 Å². The lowest BCUT2D eigenvalue weighted by Gasteiger charge is -2.22. The maximum atomic E-state index is 12.5. The molecule has 0 bridgehead atoms. The second-order valence-electron chi connectivity index (χ2n) is 8.11. The fraction of sp³-hybridized carbons (Fsp3) is 0.545. The van der Waals surface area contributed by atoms with Gasteiger partial charge in [-0.1, -0.05) is 38.6 Å². The van der Waals surface area contributed by atoms with Gasteiger partial charge in [0.15, 0.2) is 5.78 Å². The predicted molar refractivity (Wildman–Crippen MR) is 108 cm³/mol. The number of Topliss-reactive ketones (excluding diaryl/α,β-unsaturated/α-hetero) is 1. The fourth-order valence-electron chi connectivity index (χ4n) is 2.62. The molecule has 27 heavy (non-hydrogen) atoms. The SMILES string of the molecule is C=CCOC(=O)[C@@H](CC(=O)[C@@H](N)Cc1ccc(OC(C)(C)C)cc1)C(C)C. The summed E-state index contributed by atoms with van der Waals surface area (Å²) in [4.78, 5) is 24.7. The molecule has 0 radical (unpaired) electrons. The van der Waals surface area contributed by atoms with E-state index >= 15 is 0 Å². The van der Waals surface area contributed by atoms with Gasteiger partial charge in [0.1, 0.15) is 18.0 Å². The van der Waals surface area contributed by atoms with E-state index in [4.69, 9.17) is 15.2 Å². The number of rotatable bonds is 10. The molecule has 0 unspecified atom stereocenters. The Bertz CT molecular complexity index is 629. The van der Waals surface area contributed by atoms with E-state index in [2.05, 4.69) is 6.58 Å². The number of hydrogen-bond donors (Lipinski definition) is 1. The molecule has 1 aromatic carbocycles. The van der Waals surface area contributed by atoms with Crippen molar-refractivity contribution in [2.24, 2.45) is 17.6 Å². The standard InChI is InChI=1S/C22H33NO4/c1-7-12-26-21(25)18(15(2)3)14-20(24)19(23)13-16-8-10-17(11-9-16)27-22(4,5)6/h7-11,15,18-19H,1,12-14,23H2,2-6H3/t18-,19-/m0/s1. The van der Waals surface area contributed by atoms with Crippen LogP contribution in [0.3, 0.4) is 0 Å². The number of ketones is 1. The Hall–Kier alpha value is -2.14. The van der Waals surface area contributed by atoms with Crippen LogP contribution in [0.2, 0.25) is 0 Å². The van der Waals surface area contributed by atoms with Crippen molar-refractivity contribution in [2.75, 3.05) is 6.61 Å². The lowest BCUT2D eigenvalue weighted by Crippen LogP contribution is -2.36. The minimum absolute atomic E-state index is 0.00713. The zero-order chi connectivity index (χ0) is 20.6. The molecule has 150 valence electrons. The summed E-state index contributed by atoms with van der Waals surface area (Å²) in [5.41, 5.74) is 6.78. The summed E-state index contributed by atoms with van der Waals surface area (Å²) in [6.07, 6.45) is 2.01. The van der Waals surface area contributed by atoms with Crippen molar-refractivity contribution < 1.29 is 19.1 Å². The lowest BCUT2D eigenvalue weighted by atomic mass is 9.88. The number of carbonyl (C=O) groups is 2. The van der Waals surface area contributed by atoms with Crippen molar-refractivity contribution in [1.82, 2.24) is 0 Å². The molecule has 0 amide bonds. The summed E-state index contributed by atoms with van der Waals surface area (Å²) < 4.78 is 10.9. The van der Waals surface area contributed by atoms with Gasteiger partial charge < -0.3 is 15.2 Å². The molecule has 0 aromatic heterocycles. The number of ether oxygens (including phenoxy) is 2. The molecule has 2 N–H and O–H groups in total. The van der Waals surface area contributed by atoms with E-state index in [1.165, 1.54) is 6.08 Å². The highest BCUT2D eigenvalue weighted by Gasteiger charge is 2.28. The molecular formula is C22H33NO4. The lowest BCUT2D eigenvalue weighted by molar-refractivity contribution is -0.150. The van der Waals surface area contributed by atoms with E-state index < -0.39 is 12.0 Å². The van der Waals surface area contributed by atoms with Crippen molar-refractivity contribution in [3.8, 4) is 5.75 Å². The predicted octanol–water partition coefficient (Wildman–Crippen LogP) is 3.69. The van der Waals surface area contributed by atoms with Gasteiger partial charge in [0, 0.05) is 6.42 Å². The van der Waals surface area contributed by atoms with Gasteiger partial charge in [-0.3, -0.25) is 9.59 Å². The number of esters is 1. The molecule has 0 heterocycles.